The lowest BCUT2D eigenvalue weighted by Crippen LogP contribution is -2.52. The number of piperazine rings is 1. The molecular weight excluding hydrogens is 485 g/mol. The van der Waals surface area contributed by atoms with E-state index in [2.05, 4.69) is 64.1 Å². The van der Waals surface area contributed by atoms with Crippen molar-refractivity contribution in [3.05, 3.63) is 5.82 Å². The molecule has 9 heteroatoms. The molecule has 0 unspecified atom stereocenters. The van der Waals surface area contributed by atoms with Crippen LogP contribution >= 0.6 is 35.5 Å². The highest BCUT2D eigenvalue weighted by Crippen LogP contribution is 2.19. The SMILES string of the molecule is CCNC(=NCCCCN(C)C(C)C)N1CCN(c2nc(CC)ns2)CC1.I. The highest BCUT2D eigenvalue weighted by atomic mass is 127. The van der Waals surface area contributed by atoms with Gasteiger partial charge in [-0.2, -0.15) is 4.37 Å². The normalized spacial score (nSPS) is 15.3. The van der Waals surface area contributed by atoms with E-state index in [1.807, 2.05) is 0 Å². The summed E-state index contributed by atoms with van der Waals surface area (Å²) in [5, 5.41) is 4.52. The first kappa shape index (κ1) is 25.4. The maximum Gasteiger partial charge on any atom is 0.205 e. The van der Waals surface area contributed by atoms with E-state index in [9.17, 15) is 0 Å². The largest absolute Gasteiger partial charge is 0.357 e. The van der Waals surface area contributed by atoms with Gasteiger partial charge in [-0.15, -0.1) is 24.0 Å². The summed E-state index contributed by atoms with van der Waals surface area (Å²) in [6, 6.07) is 0.614. The molecule has 0 amide bonds. The van der Waals surface area contributed by atoms with Crippen LogP contribution in [0.2, 0.25) is 0 Å². The quantitative estimate of drug-likeness (QED) is 0.233. The van der Waals surface area contributed by atoms with E-state index < -0.39 is 0 Å². The molecule has 1 fully saturated rings. The number of hydrogen-bond acceptors (Lipinski definition) is 6. The Kier molecular flexibility index (Phi) is 12.2. The summed E-state index contributed by atoms with van der Waals surface area (Å²) in [5.41, 5.74) is 0. The smallest absolute Gasteiger partial charge is 0.205 e. The predicted octanol–water partition coefficient (Wildman–Crippen LogP) is 2.93. The molecule has 0 aliphatic carbocycles. The lowest BCUT2D eigenvalue weighted by Gasteiger charge is -2.36. The zero-order valence-corrected chi connectivity index (χ0v) is 21.3. The minimum atomic E-state index is 0. The van der Waals surface area contributed by atoms with Crippen molar-refractivity contribution in [1.29, 1.82) is 0 Å². The number of anilines is 1. The molecule has 1 aromatic heterocycles. The number of nitrogens with zero attached hydrogens (tertiary/aromatic N) is 6. The van der Waals surface area contributed by atoms with Gasteiger partial charge < -0.3 is 20.0 Å². The summed E-state index contributed by atoms with van der Waals surface area (Å²) in [4.78, 5) is 16.6. The van der Waals surface area contributed by atoms with Crippen LogP contribution in [0.5, 0.6) is 0 Å². The second-order valence-electron chi connectivity index (χ2n) is 7.34. The molecular formula is C19H38IN7S. The van der Waals surface area contributed by atoms with E-state index in [1.54, 1.807) is 0 Å². The van der Waals surface area contributed by atoms with E-state index in [0.29, 0.717) is 6.04 Å². The van der Waals surface area contributed by atoms with Crippen LogP contribution in [0.15, 0.2) is 4.99 Å². The fourth-order valence-electron chi connectivity index (χ4n) is 2.97. The summed E-state index contributed by atoms with van der Waals surface area (Å²) in [7, 11) is 2.19. The standard InChI is InChI=1S/C19H37N7S.HI/c1-6-17-22-19(27-23-17)26-14-12-25(13-15-26)18(20-7-2)21-10-8-9-11-24(5)16(3)4;/h16H,6-15H2,1-5H3,(H,20,21);1H. The van der Waals surface area contributed by atoms with Crippen molar-refractivity contribution >= 4 is 46.6 Å². The molecule has 0 bridgehead atoms. The minimum Gasteiger partial charge on any atom is -0.357 e. The van der Waals surface area contributed by atoms with Crippen molar-refractivity contribution in [2.45, 2.75) is 53.0 Å². The zero-order chi connectivity index (χ0) is 19.6. The zero-order valence-electron chi connectivity index (χ0n) is 18.1. The average molecular weight is 524 g/mol. The number of hydrogen-bond donors (Lipinski definition) is 1. The molecule has 2 heterocycles. The molecule has 0 radical (unpaired) electrons. The molecule has 1 aliphatic heterocycles. The second-order valence-corrected chi connectivity index (χ2v) is 8.07. The second kappa shape index (κ2) is 13.5. The van der Waals surface area contributed by atoms with Crippen LogP contribution in [0.3, 0.4) is 0 Å². The maximum atomic E-state index is 4.86. The Labute approximate surface area is 192 Å². The Morgan fingerprint density at radius 1 is 1.21 bits per heavy atom. The van der Waals surface area contributed by atoms with E-state index in [-0.39, 0.29) is 24.0 Å². The molecule has 1 saturated heterocycles. The molecule has 0 atom stereocenters. The van der Waals surface area contributed by atoms with Gasteiger partial charge in [-0.05, 0) is 47.2 Å². The van der Waals surface area contributed by atoms with Crippen molar-refractivity contribution in [3.63, 3.8) is 0 Å². The summed E-state index contributed by atoms with van der Waals surface area (Å²) >= 11 is 1.52. The summed E-state index contributed by atoms with van der Waals surface area (Å²) in [6.07, 6.45) is 3.24. The Morgan fingerprint density at radius 3 is 2.50 bits per heavy atom. The third-order valence-electron chi connectivity index (χ3n) is 5.02. The van der Waals surface area contributed by atoms with Gasteiger partial charge in [0.25, 0.3) is 0 Å². The maximum absolute atomic E-state index is 4.86. The first-order valence-corrected chi connectivity index (χ1v) is 11.1. The molecule has 7 nitrogen and oxygen atoms in total. The monoisotopic (exact) mass is 523 g/mol. The number of halogens is 1. The third-order valence-corrected chi connectivity index (χ3v) is 5.84. The van der Waals surface area contributed by atoms with Crippen LogP contribution in [-0.4, -0.2) is 84.0 Å². The Balaban J connectivity index is 0.00000392. The first-order chi connectivity index (χ1) is 13.0. The minimum absolute atomic E-state index is 0. The van der Waals surface area contributed by atoms with Gasteiger partial charge in [-0.25, -0.2) is 4.98 Å². The van der Waals surface area contributed by atoms with Crippen molar-refractivity contribution in [2.75, 3.05) is 57.8 Å². The van der Waals surface area contributed by atoms with Crippen LogP contribution in [0.25, 0.3) is 0 Å². The number of aromatic nitrogens is 2. The van der Waals surface area contributed by atoms with Crippen LogP contribution < -0.4 is 10.2 Å². The molecule has 2 rings (SSSR count). The molecule has 28 heavy (non-hydrogen) atoms. The summed E-state index contributed by atoms with van der Waals surface area (Å²) < 4.78 is 4.41. The molecule has 1 aliphatic rings. The van der Waals surface area contributed by atoms with Crippen molar-refractivity contribution < 1.29 is 0 Å². The highest BCUT2D eigenvalue weighted by molar-refractivity contribution is 14.0. The van der Waals surface area contributed by atoms with E-state index in [4.69, 9.17) is 4.99 Å². The fraction of sp³-hybridized carbons (Fsp3) is 0.842. The van der Waals surface area contributed by atoms with Crippen LogP contribution in [0.4, 0.5) is 5.13 Å². The molecule has 0 saturated carbocycles. The molecule has 1 aromatic rings. The van der Waals surface area contributed by atoms with E-state index >= 15 is 0 Å². The Hall–Kier alpha value is -0.680. The van der Waals surface area contributed by atoms with Crippen molar-refractivity contribution in [2.24, 2.45) is 4.99 Å². The molecule has 0 aromatic carbocycles. The number of rotatable bonds is 9. The number of guanidine groups is 1. The topological polar surface area (TPSA) is 59.9 Å². The van der Waals surface area contributed by atoms with Gasteiger partial charge in [0.2, 0.25) is 5.13 Å². The van der Waals surface area contributed by atoms with Gasteiger partial charge in [0.1, 0.15) is 5.82 Å². The van der Waals surface area contributed by atoms with Gasteiger partial charge in [0, 0.05) is 63.3 Å². The van der Waals surface area contributed by atoms with Crippen LogP contribution in [0, 0.1) is 0 Å². The Bertz CT molecular complexity index is 570. The Morgan fingerprint density at radius 2 is 1.93 bits per heavy atom. The number of nitrogens with one attached hydrogen (secondary N) is 1. The number of unbranched alkanes of at least 4 members (excludes halogenated alkanes) is 1. The van der Waals surface area contributed by atoms with Crippen molar-refractivity contribution in [1.82, 2.24) is 24.5 Å². The molecule has 1 N–H and O–H groups in total. The number of aliphatic imine (C=N–C) groups is 1. The molecule has 0 spiro atoms. The lowest BCUT2D eigenvalue weighted by atomic mass is 10.2. The third kappa shape index (κ3) is 7.98. The predicted molar refractivity (Wildman–Crippen MR) is 131 cm³/mol. The summed E-state index contributed by atoms with van der Waals surface area (Å²) in [6.45, 7) is 15.6. The average Bonchev–Trinajstić information content (AvgIpc) is 3.16. The van der Waals surface area contributed by atoms with Crippen molar-refractivity contribution in [3.8, 4) is 0 Å². The summed E-state index contributed by atoms with van der Waals surface area (Å²) in [5.74, 6) is 2.01. The van der Waals surface area contributed by atoms with E-state index in [1.165, 1.54) is 18.0 Å². The first-order valence-electron chi connectivity index (χ1n) is 10.4. The van der Waals surface area contributed by atoms with Gasteiger partial charge in [0.15, 0.2) is 5.96 Å². The van der Waals surface area contributed by atoms with E-state index in [0.717, 1.165) is 75.6 Å². The van der Waals surface area contributed by atoms with Crippen LogP contribution in [-0.2, 0) is 6.42 Å². The molecule has 162 valence electrons. The lowest BCUT2D eigenvalue weighted by molar-refractivity contribution is 0.269. The highest BCUT2D eigenvalue weighted by Gasteiger charge is 2.21. The van der Waals surface area contributed by atoms with Gasteiger partial charge >= 0.3 is 0 Å². The van der Waals surface area contributed by atoms with Crippen LogP contribution in [0.1, 0.15) is 46.4 Å². The van der Waals surface area contributed by atoms with Gasteiger partial charge in [0.05, 0.1) is 0 Å². The van der Waals surface area contributed by atoms with Gasteiger partial charge in [-0.1, -0.05) is 6.92 Å². The fourth-order valence-corrected chi connectivity index (χ4v) is 3.77. The van der Waals surface area contributed by atoms with Gasteiger partial charge in [-0.3, -0.25) is 4.99 Å². The number of aryl methyl sites for hydroxylation is 1.